The number of para-hydroxylation sites is 2. The molecular formula is C54H60N4O2+2. The van der Waals surface area contributed by atoms with Crippen LogP contribution >= 0.6 is 0 Å². The molecule has 4 bridgehead atoms. The fraction of sp³-hybridized carbons (Fsp3) is 0.407. The molecule has 6 saturated heterocycles. The molecule has 8 heterocycles. The average molecular weight is 797 g/mol. The Morgan fingerprint density at radius 1 is 0.517 bits per heavy atom. The summed E-state index contributed by atoms with van der Waals surface area (Å²) in [5.41, 5.74) is 6.81. The largest absolute Gasteiger partial charge is 0.382 e. The van der Waals surface area contributed by atoms with Crippen LogP contribution in [0.5, 0.6) is 0 Å². The molecular weight excluding hydrogens is 737 g/mol. The summed E-state index contributed by atoms with van der Waals surface area (Å²) in [6.45, 7) is 11.0. The van der Waals surface area contributed by atoms with Crippen LogP contribution in [-0.2, 0) is 13.1 Å². The first-order valence-electron chi connectivity index (χ1n) is 23.1. The number of piperidine rings is 6. The molecule has 6 fully saturated rings. The first-order chi connectivity index (χ1) is 29.4. The average Bonchev–Trinajstić information content (AvgIpc) is 3.31. The minimum Gasteiger partial charge on any atom is -0.382 e. The van der Waals surface area contributed by atoms with Crippen LogP contribution in [0.2, 0.25) is 0 Å². The van der Waals surface area contributed by atoms with Gasteiger partial charge in [0.2, 0.25) is 0 Å². The Labute approximate surface area is 354 Å². The van der Waals surface area contributed by atoms with E-state index in [9.17, 15) is 10.2 Å². The van der Waals surface area contributed by atoms with Crippen LogP contribution in [-0.4, -0.2) is 67.4 Å². The minimum absolute atomic E-state index is 0.111. The SMILES string of the molecule is CC[C@H]1C[N@+]2(Cc3c4ccccc4c(C[N@@+]45CC[C@@H](C[C@H]4[C@H](O)c4ccnc6ccccc46)[C@@H](CC)C5)c4ccccc34)CC[C@H]1C[C@H]2[C@H](O)c1ccnc2ccccc12. The van der Waals surface area contributed by atoms with Crippen molar-refractivity contribution >= 4 is 43.4 Å². The van der Waals surface area contributed by atoms with Crippen LogP contribution in [0, 0.1) is 23.7 Å². The van der Waals surface area contributed by atoms with Crippen molar-refractivity contribution in [1.82, 2.24) is 9.97 Å². The normalized spacial score (nSPS) is 29.7. The number of hydrogen-bond acceptors (Lipinski definition) is 4. The monoisotopic (exact) mass is 796 g/mol. The van der Waals surface area contributed by atoms with Crippen LogP contribution in [0.15, 0.2) is 122 Å². The van der Waals surface area contributed by atoms with Gasteiger partial charge in [-0.15, -0.1) is 0 Å². The lowest BCUT2D eigenvalue weighted by Gasteiger charge is -2.59. The summed E-state index contributed by atoms with van der Waals surface area (Å²) in [4.78, 5) is 9.35. The third kappa shape index (κ3) is 6.04. The van der Waals surface area contributed by atoms with E-state index in [1.807, 2.05) is 24.5 Å². The van der Waals surface area contributed by atoms with Crippen molar-refractivity contribution < 1.29 is 19.2 Å². The van der Waals surface area contributed by atoms with E-state index in [4.69, 9.17) is 0 Å². The lowest BCUT2D eigenvalue weighted by atomic mass is 9.69. The topological polar surface area (TPSA) is 66.2 Å². The molecule has 5 aromatic carbocycles. The van der Waals surface area contributed by atoms with Gasteiger partial charge in [-0.25, -0.2) is 0 Å². The summed E-state index contributed by atoms with van der Waals surface area (Å²) < 4.78 is 1.85. The highest BCUT2D eigenvalue weighted by Crippen LogP contribution is 2.52. The maximum atomic E-state index is 12.7. The summed E-state index contributed by atoms with van der Waals surface area (Å²) in [5.74, 6) is 2.64. The van der Waals surface area contributed by atoms with Crippen molar-refractivity contribution in [3.05, 3.63) is 144 Å². The highest BCUT2D eigenvalue weighted by molar-refractivity contribution is 6.05. The van der Waals surface area contributed by atoms with E-state index in [1.165, 1.54) is 58.4 Å². The maximum Gasteiger partial charge on any atom is 0.131 e. The second-order valence-electron chi connectivity index (χ2n) is 19.4. The number of rotatable bonds is 10. The molecule has 306 valence electrons. The van der Waals surface area contributed by atoms with Crippen molar-refractivity contribution in [2.24, 2.45) is 23.7 Å². The number of quaternary nitrogens is 2. The van der Waals surface area contributed by atoms with Gasteiger partial charge in [-0.3, -0.25) is 9.97 Å². The van der Waals surface area contributed by atoms with Gasteiger partial charge in [0.15, 0.2) is 0 Å². The predicted molar refractivity (Wildman–Crippen MR) is 243 cm³/mol. The predicted octanol–water partition coefficient (Wildman–Crippen LogP) is 10.8. The Morgan fingerprint density at radius 3 is 1.27 bits per heavy atom. The summed E-state index contributed by atoms with van der Waals surface area (Å²) in [6.07, 6.45) is 9.58. The number of aliphatic hydroxyl groups excluding tert-OH is 2. The van der Waals surface area contributed by atoms with Crippen LogP contribution in [0.25, 0.3) is 43.4 Å². The molecule has 2 N–H and O–H groups in total. The zero-order chi connectivity index (χ0) is 40.6. The lowest BCUT2D eigenvalue weighted by molar-refractivity contribution is -0.985. The third-order valence-corrected chi connectivity index (χ3v) is 16.8. The zero-order valence-corrected chi connectivity index (χ0v) is 35.3. The molecule has 10 atom stereocenters. The van der Waals surface area contributed by atoms with Crippen LogP contribution in [0.1, 0.15) is 86.8 Å². The van der Waals surface area contributed by atoms with E-state index in [1.54, 1.807) is 0 Å². The molecule has 7 aromatic rings. The highest BCUT2D eigenvalue weighted by atomic mass is 16.3. The van der Waals surface area contributed by atoms with E-state index in [0.717, 1.165) is 94.0 Å². The van der Waals surface area contributed by atoms with Gasteiger partial charge in [0.25, 0.3) is 0 Å². The Hall–Kier alpha value is -4.72. The standard InChI is InChI=1S/C54H60N4O2/c1-3-35-31-57(27-23-37(35)29-51(57)53(59)45-21-25-55-49-19-11-9-17-43(45)49)33-47-39-13-5-7-15-41(39)48(42-16-8-6-14-40(42)47)34-58-28-24-38(36(4-2)32-58)30-52(58)54(60)46-22-26-56-50-20-12-10-18-44(46)50/h5-22,25-26,35-38,51-54,59-60H,3-4,23-24,27-34H2,1-2H3/q+2/t35-,36-,37-,38-,51-,52-,53+,54+,57-,58-/m0/s1. The molecule has 2 aromatic heterocycles. The highest BCUT2D eigenvalue weighted by Gasteiger charge is 2.56. The van der Waals surface area contributed by atoms with E-state index in [0.29, 0.717) is 23.7 Å². The van der Waals surface area contributed by atoms with Crippen molar-refractivity contribution in [3.8, 4) is 0 Å². The summed E-state index contributed by atoms with van der Waals surface area (Å²) in [5, 5.41) is 32.9. The van der Waals surface area contributed by atoms with E-state index in [2.05, 4.69) is 121 Å². The summed E-state index contributed by atoms with van der Waals surface area (Å²) in [7, 11) is 0. The number of aromatic nitrogens is 2. The second-order valence-corrected chi connectivity index (χ2v) is 19.4. The molecule has 6 aliphatic rings. The molecule has 6 heteroatoms. The molecule has 13 rings (SSSR count). The molecule has 0 saturated carbocycles. The first-order valence-corrected chi connectivity index (χ1v) is 23.1. The van der Waals surface area contributed by atoms with Gasteiger partial charge in [0, 0.05) is 71.8 Å². The quantitative estimate of drug-likeness (QED) is 0.107. The van der Waals surface area contributed by atoms with Crippen LogP contribution in [0.3, 0.4) is 0 Å². The molecule has 6 aliphatic heterocycles. The Bertz CT molecular complexity index is 2480. The van der Waals surface area contributed by atoms with Gasteiger partial charge >= 0.3 is 0 Å². The van der Waals surface area contributed by atoms with Gasteiger partial charge in [0.1, 0.15) is 37.4 Å². The molecule has 0 radical (unpaired) electrons. The van der Waals surface area contributed by atoms with Crippen molar-refractivity contribution in [3.63, 3.8) is 0 Å². The Kier molecular flexibility index (Phi) is 9.57. The van der Waals surface area contributed by atoms with Crippen molar-refractivity contribution in [2.75, 3.05) is 26.2 Å². The number of aliphatic hydroxyl groups is 2. The Balaban J connectivity index is 1.04. The lowest BCUT2D eigenvalue weighted by Crippen LogP contribution is -2.68. The third-order valence-electron chi connectivity index (χ3n) is 16.8. The molecule has 0 aliphatic carbocycles. The maximum absolute atomic E-state index is 12.7. The van der Waals surface area contributed by atoms with E-state index < -0.39 is 12.2 Å². The van der Waals surface area contributed by atoms with Gasteiger partial charge in [0.05, 0.1) is 37.2 Å². The molecule has 6 nitrogen and oxygen atoms in total. The van der Waals surface area contributed by atoms with Gasteiger partial charge in [-0.05, 0) is 81.6 Å². The summed E-state index contributed by atoms with van der Waals surface area (Å²) in [6, 6.07) is 39.6. The second kappa shape index (κ2) is 15.0. The number of pyridine rings is 2. The number of fused-ring (bicyclic) bond motifs is 10. The van der Waals surface area contributed by atoms with E-state index in [-0.39, 0.29) is 12.1 Å². The molecule has 0 amide bonds. The molecule has 0 spiro atoms. The van der Waals surface area contributed by atoms with E-state index >= 15 is 0 Å². The van der Waals surface area contributed by atoms with Gasteiger partial charge in [-0.1, -0.05) is 98.8 Å². The molecule has 0 unspecified atom stereocenters. The van der Waals surface area contributed by atoms with Crippen LogP contribution < -0.4 is 0 Å². The minimum atomic E-state index is -0.569. The number of nitrogens with zero attached hydrogens (tertiary/aromatic N) is 4. The number of benzene rings is 5. The fourth-order valence-corrected chi connectivity index (χ4v) is 13.8. The van der Waals surface area contributed by atoms with Crippen molar-refractivity contribution in [2.45, 2.75) is 89.8 Å². The summed E-state index contributed by atoms with van der Waals surface area (Å²) >= 11 is 0. The van der Waals surface area contributed by atoms with Gasteiger partial charge in [-0.2, -0.15) is 0 Å². The fourth-order valence-electron chi connectivity index (χ4n) is 13.8. The molecule has 60 heavy (non-hydrogen) atoms. The smallest absolute Gasteiger partial charge is 0.131 e. The van der Waals surface area contributed by atoms with Crippen LogP contribution in [0.4, 0.5) is 0 Å². The van der Waals surface area contributed by atoms with Gasteiger partial charge < -0.3 is 19.2 Å². The Morgan fingerprint density at radius 2 is 0.883 bits per heavy atom. The van der Waals surface area contributed by atoms with Crippen molar-refractivity contribution in [1.29, 1.82) is 0 Å². The zero-order valence-electron chi connectivity index (χ0n) is 35.3. The number of hydrogen-bond donors (Lipinski definition) is 2. The first kappa shape index (κ1) is 38.2.